The second-order valence-corrected chi connectivity index (χ2v) is 3.00. The molecule has 0 amide bonds. The third-order valence-corrected chi connectivity index (χ3v) is 2.02. The van der Waals surface area contributed by atoms with Crippen LogP contribution in [0.25, 0.3) is 0 Å². The van der Waals surface area contributed by atoms with E-state index in [1.165, 1.54) is 38.5 Å². The first-order valence-corrected chi connectivity index (χ1v) is 4.50. The molecular weight excluding hydrogens is 136 g/mol. The number of aliphatic hydroxyl groups is 1. The highest BCUT2D eigenvalue weighted by atomic mass is 16.2. The number of hydrogen-bond donors (Lipinski definition) is 1. The highest BCUT2D eigenvalue weighted by molar-refractivity contribution is 4.98. The zero-order valence-electron chi connectivity index (χ0n) is 7.77. The Balaban J connectivity index is 0.000000461. The molecule has 0 saturated heterocycles. The topological polar surface area (TPSA) is 20.2 Å². The van der Waals surface area contributed by atoms with Crippen LogP contribution in [0.5, 0.6) is 0 Å². The Hall–Kier alpha value is -0.300. The van der Waals surface area contributed by atoms with E-state index in [1.54, 1.807) is 5.57 Å². The molecule has 0 atom stereocenters. The average Bonchev–Trinajstić information content (AvgIpc) is 2.01. The third kappa shape index (κ3) is 6.11. The molecule has 0 bridgehead atoms. The number of rotatable bonds is 0. The van der Waals surface area contributed by atoms with Crippen LogP contribution in [0.2, 0.25) is 0 Å². The maximum Gasteiger partial charge on any atom is 0.0319 e. The summed E-state index contributed by atoms with van der Waals surface area (Å²) in [5.74, 6) is 0. The molecule has 1 heteroatoms. The Morgan fingerprint density at radius 3 is 2.45 bits per heavy atom. The Kier molecular flexibility index (Phi) is 7.59. The lowest BCUT2D eigenvalue weighted by atomic mass is 10.0. The van der Waals surface area contributed by atoms with Crippen LogP contribution in [0.15, 0.2) is 11.6 Å². The highest BCUT2D eigenvalue weighted by Crippen LogP contribution is 2.15. The van der Waals surface area contributed by atoms with E-state index < -0.39 is 0 Å². The van der Waals surface area contributed by atoms with E-state index >= 15 is 0 Å². The Bertz CT molecular complexity index is 105. The largest absolute Gasteiger partial charge is 0.400 e. The van der Waals surface area contributed by atoms with Crippen molar-refractivity contribution in [2.24, 2.45) is 0 Å². The van der Waals surface area contributed by atoms with Crippen LogP contribution in [-0.4, -0.2) is 12.2 Å². The molecule has 0 unspecified atom stereocenters. The molecular formula is C10H20O. The number of hydrogen-bond acceptors (Lipinski definition) is 1. The standard InChI is InChI=1S/C9H16.CH4O/c1-9-7-5-3-2-4-6-8-9;1-2/h7H,2-6,8H2,1H3;2H,1H3. The van der Waals surface area contributed by atoms with Gasteiger partial charge in [0.05, 0.1) is 0 Å². The van der Waals surface area contributed by atoms with Gasteiger partial charge >= 0.3 is 0 Å². The van der Waals surface area contributed by atoms with Gasteiger partial charge in [0.15, 0.2) is 0 Å². The van der Waals surface area contributed by atoms with Crippen molar-refractivity contribution in [1.82, 2.24) is 0 Å². The van der Waals surface area contributed by atoms with Gasteiger partial charge in [-0.2, -0.15) is 0 Å². The summed E-state index contributed by atoms with van der Waals surface area (Å²) in [5, 5.41) is 7.00. The molecule has 0 fully saturated rings. The minimum Gasteiger partial charge on any atom is -0.400 e. The van der Waals surface area contributed by atoms with Crippen molar-refractivity contribution in [3.8, 4) is 0 Å². The Morgan fingerprint density at radius 2 is 1.73 bits per heavy atom. The minimum absolute atomic E-state index is 1.00. The molecule has 0 aliphatic heterocycles. The van der Waals surface area contributed by atoms with Crippen molar-refractivity contribution in [1.29, 1.82) is 0 Å². The van der Waals surface area contributed by atoms with Crippen molar-refractivity contribution in [3.05, 3.63) is 11.6 Å². The molecule has 11 heavy (non-hydrogen) atoms. The van der Waals surface area contributed by atoms with Crippen LogP contribution in [0.1, 0.15) is 45.4 Å². The number of allylic oxidation sites excluding steroid dienone is 2. The van der Waals surface area contributed by atoms with E-state index in [9.17, 15) is 0 Å². The third-order valence-electron chi connectivity index (χ3n) is 2.02. The van der Waals surface area contributed by atoms with E-state index in [0.29, 0.717) is 0 Å². The van der Waals surface area contributed by atoms with Gasteiger partial charge in [-0.05, 0) is 32.6 Å². The van der Waals surface area contributed by atoms with Crippen molar-refractivity contribution in [2.45, 2.75) is 45.4 Å². The predicted octanol–water partition coefficient (Wildman–Crippen LogP) is 2.90. The van der Waals surface area contributed by atoms with Crippen LogP contribution >= 0.6 is 0 Å². The molecule has 0 heterocycles. The monoisotopic (exact) mass is 156 g/mol. The fourth-order valence-corrected chi connectivity index (χ4v) is 1.35. The summed E-state index contributed by atoms with van der Waals surface area (Å²) in [4.78, 5) is 0. The van der Waals surface area contributed by atoms with Crippen LogP contribution in [0.4, 0.5) is 0 Å². The second kappa shape index (κ2) is 7.80. The lowest BCUT2D eigenvalue weighted by molar-refractivity contribution is 0.399. The molecule has 66 valence electrons. The summed E-state index contributed by atoms with van der Waals surface area (Å²) in [6.45, 7) is 2.26. The molecule has 0 aromatic rings. The van der Waals surface area contributed by atoms with Crippen LogP contribution in [-0.2, 0) is 0 Å². The van der Waals surface area contributed by atoms with Crippen molar-refractivity contribution in [2.75, 3.05) is 7.11 Å². The highest BCUT2D eigenvalue weighted by Gasteiger charge is 1.95. The van der Waals surface area contributed by atoms with Gasteiger partial charge in [-0.3, -0.25) is 0 Å². The van der Waals surface area contributed by atoms with Crippen LogP contribution in [0, 0.1) is 0 Å². The molecule has 0 radical (unpaired) electrons. The predicted molar refractivity (Wildman–Crippen MR) is 49.6 cm³/mol. The first kappa shape index (κ1) is 10.7. The summed E-state index contributed by atoms with van der Waals surface area (Å²) < 4.78 is 0. The summed E-state index contributed by atoms with van der Waals surface area (Å²) in [5.41, 5.74) is 1.61. The van der Waals surface area contributed by atoms with Gasteiger partial charge in [0.2, 0.25) is 0 Å². The lowest BCUT2D eigenvalue weighted by Gasteiger charge is -2.05. The van der Waals surface area contributed by atoms with Gasteiger partial charge in [0.1, 0.15) is 0 Å². The molecule has 1 aliphatic rings. The summed E-state index contributed by atoms with van der Waals surface area (Å²) in [6, 6.07) is 0. The molecule has 1 aliphatic carbocycles. The van der Waals surface area contributed by atoms with E-state index in [0.717, 1.165) is 7.11 Å². The smallest absolute Gasteiger partial charge is 0.0319 e. The molecule has 0 aromatic heterocycles. The van der Waals surface area contributed by atoms with Gasteiger partial charge in [-0.15, -0.1) is 0 Å². The fraction of sp³-hybridized carbons (Fsp3) is 0.800. The normalized spacial score (nSPS) is 18.6. The van der Waals surface area contributed by atoms with Gasteiger partial charge in [-0.25, -0.2) is 0 Å². The van der Waals surface area contributed by atoms with Gasteiger partial charge in [0, 0.05) is 7.11 Å². The zero-order chi connectivity index (χ0) is 8.53. The van der Waals surface area contributed by atoms with Gasteiger partial charge < -0.3 is 5.11 Å². The molecule has 1 N–H and O–H groups in total. The van der Waals surface area contributed by atoms with Crippen molar-refractivity contribution < 1.29 is 5.11 Å². The maximum absolute atomic E-state index is 7.00. The van der Waals surface area contributed by atoms with E-state index in [4.69, 9.17) is 5.11 Å². The first-order valence-electron chi connectivity index (χ1n) is 4.50. The summed E-state index contributed by atoms with van der Waals surface area (Å²) in [6.07, 6.45) is 10.8. The summed E-state index contributed by atoms with van der Waals surface area (Å²) >= 11 is 0. The van der Waals surface area contributed by atoms with E-state index in [1.807, 2.05) is 0 Å². The average molecular weight is 156 g/mol. The molecule has 0 spiro atoms. The van der Waals surface area contributed by atoms with Crippen LogP contribution in [0.3, 0.4) is 0 Å². The Labute approximate surface area is 70.1 Å². The van der Waals surface area contributed by atoms with Crippen molar-refractivity contribution >= 4 is 0 Å². The quantitative estimate of drug-likeness (QED) is 0.535. The molecule has 0 saturated carbocycles. The zero-order valence-corrected chi connectivity index (χ0v) is 7.77. The van der Waals surface area contributed by atoms with Crippen LogP contribution < -0.4 is 0 Å². The van der Waals surface area contributed by atoms with Crippen molar-refractivity contribution in [3.63, 3.8) is 0 Å². The van der Waals surface area contributed by atoms with Gasteiger partial charge in [0.25, 0.3) is 0 Å². The summed E-state index contributed by atoms with van der Waals surface area (Å²) in [7, 11) is 1.00. The SMILES string of the molecule is CC1=CCCCCCC1.CO. The number of aliphatic hydroxyl groups excluding tert-OH is 1. The molecule has 1 rings (SSSR count). The molecule has 0 aromatic carbocycles. The Morgan fingerprint density at radius 1 is 1.09 bits per heavy atom. The molecule has 1 nitrogen and oxygen atoms in total. The fourth-order valence-electron chi connectivity index (χ4n) is 1.35. The van der Waals surface area contributed by atoms with E-state index in [2.05, 4.69) is 13.0 Å². The second-order valence-electron chi connectivity index (χ2n) is 3.00. The minimum atomic E-state index is 1.00. The maximum atomic E-state index is 7.00. The lowest BCUT2D eigenvalue weighted by Crippen LogP contribution is -1.85. The van der Waals surface area contributed by atoms with Gasteiger partial charge in [-0.1, -0.05) is 24.5 Å². The first-order chi connectivity index (χ1) is 5.39. The van der Waals surface area contributed by atoms with E-state index in [-0.39, 0.29) is 0 Å².